The Balaban J connectivity index is 1.55. The quantitative estimate of drug-likeness (QED) is 0.903. The normalized spacial score (nSPS) is 16.3. The summed E-state index contributed by atoms with van der Waals surface area (Å²) in [6.45, 7) is 2.05. The first-order chi connectivity index (χ1) is 12.2. The van der Waals surface area contributed by atoms with Gasteiger partial charge in [-0.15, -0.1) is 0 Å². The summed E-state index contributed by atoms with van der Waals surface area (Å²) in [6.07, 6.45) is 3.98. The van der Waals surface area contributed by atoms with Gasteiger partial charge in [-0.05, 0) is 55.2 Å². The van der Waals surface area contributed by atoms with Crippen molar-refractivity contribution in [2.45, 2.75) is 25.7 Å². The van der Waals surface area contributed by atoms with Crippen LogP contribution < -0.4 is 15.5 Å². The molecule has 0 aliphatic carbocycles. The van der Waals surface area contributed by atoms with Gasteiger partial charge in [-0.25, -0.2) is 0 Å². The molecule has 0 saturated carbocycles. The van der Waals surface area contributed by atoms with Gasteiger partial charge in [0, 0.05) is 24.3 Å². The summed E-state index contributed by atoms with van der Waals surface area (Å²) in [6, 6.07) is 13.3. The summed E-state index contributed by atoms with van der Waals surface area (Å²) in [5.41, 5.74) is 4.17. The molecule has 2 N–H and O–H groups in total. The molecule has 1 fully saturated rings. The van der Waals surface area contributed by atoms with Gasteiger partial charge in [0.25, 0.3) is 5.91 Å². The Morgan fingerprint density at radius 2 is 1.84 bits per heavy atom. The number of para-hydroxylation sites is 2. The number of nitrogens with one attached hydrogen (secondary N) is 2. The van der Waals surface area contributed by atoms with Crippen LogP contribution in [0.5, 0.6) is 0 Å². The second kappa shape index (κ2) is 6.59. The van der Waals surface area contributed by atoms with Crippen molar-refractivity contribution >= 4 is 28.9 Å². The first kappa shape index (κ1) is 15.7. The lowest BCUT2D eigenvalue weighted by atomic mass is 10.1. The molecule has 2 heterocycles. The average Bonchev–Trinajstić information content (AvgIpc) is 3.02. The second-order valence-electron chi connectivity index (χ2n) is 6.62. The third-order valence-corrected chi connectivity index (χ3v) is 4.84. The minimum atomic E-state index is -0.147. The fraction of sp³-hybridized carbons (Fsp3) is 0.300. The van der Waals surface area contributed by atoms with Crippen molar-refractivity contribution in [3.05, 3.63) is 53.6 Å². The molecule has 0 atom stereocenters. The molecule has 0 aromatic heterocycles. The van der Waals surface area contributed by atoms with Crippen LogP contribution in [0.4, 0.5) is 17.1 Å². The zero-order chi connectivity index (χ0) is 17.2. The van der Waals surface area contributed by atoms with E-state index in [-0.39, 0.29) is 11.8 Å². The second-order valence-corrected chi connectivity index (χ2v) is 6.62. The third kappa shape index (κ3) is 3.22. The summed E-state index contributed by atoms with van der Waals surface area (Å²) in [4.78, 5) is 26.5. The molecule has 0 unspecified atom stereocenters. The van der Waals surface area contributed by atoms with Gasteiger partial charge in [-0.3, -0.25) is 9.59 Å². The van der Waals surface area contributed by atoms with Gasteiger partial charge in [0.1, 0.15) is 0 Å². The standard InChI is InChI=1S/C20H21N3O2/c24-19-13-15-12-14(8-9-16(15)21-19)20(25)22-17-6-2-3-7-18(17)23-10-4-1-5-11-23/h2-3,6-9,12H,1,4-5,10-11,13H2,(H,21,24)(H,22,25). The van der Waals surface area contributed by atoms with Crippen molar-refractivity contribution in [2.75, 3.05) is 28.6 Å². The van der Waals surface area contributed by atoms with Crippen LogP contribution in [-0.2, 0) is 11.2 Å². The predicted octanol–water partition coefficient (Wildman–Crippen LogP) is 3.42. The molecule has 4 rings (SSSR count). The smallest absolute Gasteiger partial charge is 0.255 e. The number of amides is 2. The topological polar surface area (TPSA) is 61.4 Å². The molecule has 2 amide bonds. The molecule has 2 aliphatic heterocycles. The van der Waals surface area contributed by atoms with E-state index < -0.39 is 0 Å². The number of rotatable bonds is 3. The molecule has 1 saturated heterocycles. The van der Waals surface area contributed by atoms with Crippen molar-refractivity contribution in [2.24, 2.45) is 0 Å². The Labute approximate surface area is 147 Å². The molecule has 2 aromatic carbocycles. The molecule has 2 aliphatic rings. The molecule has 2 aromatic rings. The number of piperidine rings is 1. The third-order valence-electron chi connectivity index (χ3n) is 4.84. The van der Waals surface area contributed by atoms with Crippen LogP contribution in [0.3, 0.4) is 0 Å². The largest absolute Gasteiger partial charge is 0.370 e. The minimum absolute atomic E-state index is 0.0250. The maximum atomic E-state index is 12.7. The van der Waals surface area contributed by atoms with Gasteiger partial charge in [-0.2, -0.15) is 0 Å². The minimum Gasteiger partial charge on any atom is -0.370 e. The molecule has 5 heteroatoms. The monoisotopic (exact) mass is 335 g/mol. The number of benzene rings is 2. The summed E-state index contributed by atoms with van der Waals surface area (Å²) >= 11 is 0. The van der Waals surface area contributed by atoms with E-state index in [1.807, 2.05) is 18.2 Å². The van der Waals surface area contributed by atoms with Crippen LogP contribution in [0, 0.1) is 0 Å². The lowest BCUT2D eigenvalue weighted by Crippen LogP contribution is -2.30. The van der Waals surface area contributed by atoms with Crippen LogP contribution in [-0.4, -0.2) is 24.9 Å². The van der Waals surface area contributed by atoms with Crippen molar-refractivity contribution in [3.63, 3.8) is 0 Å². The number of carbonyl (C=O) groups excluding carboxylic acids is 2. The maximum absolute atomic E-state index is 12.7. The van der Waals surface area contributed by atoms with E-state index in [9.17, 15) is 9.59 Å². The molecule has 0 bridgehead atoms. The number of hydrogen-bond donors (Lipinski definition) is 2. The number of anilines is 3. The molecular weight excluding hydrogens is 314 g/mol. The molecule has 25 heavy (non-hydrogen) atoms. The van der Waals surface area contributed by atoms with Crippen molar-refractivity contribution in [1.82, 2.24) is 0 Å². The van der Waals surface area contributed by atoms with Gasteiger partial charge in [0.2, 0.25) is 5.91 Å². The zero-order valence-electron chi connectivity index (χ0n) is 14.0. The summed E-state index contributed by atoms with van der Waals surface area (Å²) < 4.78 is 0. The van der Waals surface area contributed by atoms with Crippen molar-refractivity contribution < 1.29 is 9.59 Å². The van der Waals surface area contributed by atoms with Gasteiger partial charge < -0.3 is 15.5 Å². The highest BCUT2D eigenvalue weighted by Gasteiger charge is 2.20. The van der Waals surface area contributed by atoms with Crippen LogP contribution in [0.15, 0.2) is 42.5 Å². The molecular formula is C20H21N3O2. The van der Waals surface area contributed by atoms with Gasteiger partial charge >= 0.3 is 0 Å². The molecule has 5 nitrogen and oxygen atoms in total. The van der Waals surface area contributed by atoms with E-state index in [1.165, 1.54) is 19.3 Å². The van der Waals surface area contributed by atoms with Crippen LogP contribution in [0.1, 0.15) is 35.2 Å². The summed E-state index contributed by atoms with van der Waals surface area (Å²) in [5, 5.41) is 5.83. The summed E-state index contributed by atoms with van der Waals surface area (Å²) in [5.74, 6) is -0.172. The van der Waals surface area contributed by atoms with Crippen LogP contribution >= 0.6 is 0 Å². The Morgan fingerprint density at radius 1 is 1.04 bits per heavy atom. The molecule has 0 radical (unpaired) electrons. The Morgan fingerprint density at radius 3 is 2.68 bits per heavy atom. The lowest BCUT2D eigenvalue weighted by Gasteiger charge is -2.30. The van der Waals surface area contributed by atoms with Crippen molar-refractivity contribution in [1.29, 1.82) is 0 Å². The van der Waals surface area contributed by atoms with Gasteiger partial charge in [-0.1, -0.05) is 12.1 Å². The molecule has 128 valence electrons. The SMILES string of the molecule is O=C1Cc2cc(C(=O)Nc3ccccc3N3CCCCC3)ccc2N1. The van der Waals surface area contributed by atoms with E-state index in [4.69, 9.17) is 0 Å². The number of carbonyl (C=O) groups is 2. The number of nitrogens with zero attached hydrogens (tertiary/aromatic N) is 1. The summed E-state index contributed by atoms with van der Waals surface area (Å²) in [7, 11) is 0. The fourth-order valence-corrected chi connectivity index (χ4v) is 3.55. The van der Waals surface area contributed by atoms with Crippen LogP contribution in [0.2, 0.25) is 0 Å². The van der Waals surface area contributed by atoms with Gasteiger partial charge in [0.15, 0.2) is 0 Å². The fourth-order valence-electron chi connectivity index (χ4n) is 3.55. The Bertz CT molecular complexity index is 825. The highest BCUT2D eigenvalue weighted by Crippen LogP contribution is 2.29. The first-order valence-corrected chi connectivity index (χ1v) is 8.79. The van der Waals surface area contributed by atoms with E-state index >= 15 is 0 Å². The lowest BCUT2D eigenvalue weighted by molar-refractivity contribution is -0.115. The van der Waals surface area contributed by atoms with E-state index in [2.05, 4.69) is 21.6 Å². The van der Waals surface area contributed by atoms with Crippen molar-refractivity contribution in [3.8, 4) is 0 Å². The van der Waals surface area contributed by atoms with Crippen LogP contribution in [0.25, 0.3) is 0 Å². The van der Waals surface area contributed by atoms with E-state index in [1.54, 1.807) is 18.2 Å². The van der Waals surface area contributed by atoms with E-state index in [0.717, 1.165) is 35.7 Å². The average molecular weight is 335 g/mol. The molecule has 0 spiro atoms. The highest BCUT2D eigenvalue weighted by atomic mass is 16.2. The Kier molecular flexibility index (Phi) is 4.14. The zero-order valence-corrected chi connectivity index (χ0v) is 14.0. The number of hydrogen-bond acceptors (Lipinski definition) is 3. The van der Waals surface area contributed by atoms with E-state index in [0.29, 0.717) is 12.0 Å². The maximum Gasteiger partial charge on any atom is 0.255 e. The highest BCUT2D eigenvalue weighted by molar-refractivity contribution is 6.07. The Hall–Kier alpha value is -2.82. The van der Waals surface area contributed by atoms with Gasteiger partial charge in [0.05, 0.1) is 17.8 Å². The first-order valence-electron chi connectivity index (χ1n) is 8.79. The predicted molar refractivity (Wildman–Crippen MR) is 99.2 cm³/mol. The number of fused-ring (bicyclic) bond motifs is 1.